The van der Waals surface area contributed by atoms with Gasteiger partial charge in [-0.05, 0) is 18.6 Å². The van der Waals surface area contributed by atoms with Gasteiger partial charge in [0.1, 0.15) is 0 Å². The van der Waals surface area contributed by atoms with Gasteiger partial charge in [-0.3, -0.25) is 10.2 Å². The molecule has 2 heterocycles. The summed E-state index contributed by atoms with van der Waals surface area (Å²) < 4.78 is 9.64. The fourth-order valence-corrected chi connectivity index (χ4v) is 2.68. The molecule has 0 spiro atoms. The minimum absolute atomic E-state index is 0.155. The predicted molar refractivity (Wildman–Crippen MR) is 93.4 cm³/mol. The topological polar surface area (TPSA) is 102 Å². The lowest BCUT2D eigenvalue weighted by Crippen LogP contribution is -2.07. The van der Waals surface area contributed by atoms with Crippen molar-refractivity contribution in [1.82, 2.24) is 15.1 Å². The smallest absolute Gasteiger partial charge is 0.311 e. The molecule has 0 bridgehead atoms. The zero-order valence-corrected chi connectivity index (χ0v) is 14.2. The Morgan fingerprint density at radius 3 is 3.20 bits per heavy atom. The maximum atomic E-state index is 11.4. The average Bonchev–Trinajstić information content (AvgIpc) is 3.27. The number of hydrazone groups is 1. The van der Waals surface area contributed by atoms with E-state index in [0.29, 0.717) is 23.3 Å². The predicted octanol–water partition coefficient (Wildman–Crippen LogP) is 2.74. The van der Waals surface area contributed by atoms with E-state index in [1.165, 1.54) is 17.7 Å². The van der Waals surface area contributed by atoms with Crippen LogP contribution in [0.25, 0.3) is 11.4 Å². The molecule has 1 N–H and O–H groups in total. The zero-order valence-electron chi connectivity index (χ0n) is 13.4. The van der Waals surface area contributed by atoms with E-state index >= 15 is 0 Å². The van der Waals surface area contributed by atoms with E-state index in [2.05, 4.69) is 25.7 Å². The number of aromatic nitrogens is 3. The third-order valence-corrected chi connectivity index (χ3v) is 3.86. The Balaban J connectivity index is 1.59. The van der Waals surface area contributed by atoms with Gasteiger partial charge in [0.25, 0.3) is 0 Å². The van der Waals surface area contributed by atoms with Gasteiger partial charge in [-0.1, -0.05) is 23.4 Å². The number of carbonyl (C=O) groups is 1. The molecule has 0 saturated carbocycles. The van der Waals surface area contributed by atoms with Crippen molar-refractivity contribution in [2.75, 3.05) is 12.0 Å². The van der Waals surface area contributed by atoms with Crippen molar-refractivity contribution in [3.63, 3.8) is 0 Å². The van der Waals surface area contributed by atoms with Crippen LogP contribution >= 0.6 is 11.3 Å². The molecule has 1 aromatic carbocycles. The van der Waals surface area contributed by atoms with Crippen molar-refractivity contribution in [3.8, 4) is 11.4 Å². The van der Waals surface area contributed by atoms with Crippen LogP contribution in [-0.2, 0) is 16.0 Å². The lowest BCUT2D eigenvalue weighted by Gasteiger charge is -1.98. The molecule has 0 radical (unpaired) electrons. The molecule has 9 heteroatoms. The van der Waals surface area contributed by atoms with Gasteiger partial charge in [0.2, 0.25) is 17.3 Å². The number of rotatable bonds is 7. The van der Waals surface area contributed by atoms with Crippen molar-refractivity contribution in [2.45, 2.75) is 13.3 Å². The quantitative estimate of drug-likeness (QED) is 0.394. The van der Waals surface area contributed by atoms with Crippen molar-refractivity contribution < 1.29 is 14.1 Å². The number of hydrogen-bond donors (Lipinski definition) is 1. The highest BCUT2D eigenvalue weighted by Gasteiger charge is 2.08. The zero-order chi connectivity index (χ0) is 17.5. The lowest BCUT2D eigenvalue weighted by atomic mass is 10.1. The highest BCUT2D eigenvalue weighted by Crippen LogP contribution is 2.17. The van der Waals surface area contributed by atoms with Crippen molar-refractivity contribution in [2.24, 2.45) is 5.10 Å². The molecule has 2 aromatic heterocycles. The van der Waals surface area contributed by atoms with E-state index in [4.69, 9.17) is 9.26 Å². The first-order valence-electron chi connectivity index (χ1n) is 7.50. The van der Waals surface area contributed by atoms with E-state index in [-0.39, 0.29) is 12.4 Å². The first-order chi connectivity index (χ1) is 12.2. The van der Waals surface area contributed by atoms with Gasteiger partial charge in [-0.25, -0.2) is 4.98 Å². The van der Waals surface area contributed by atoms with Gasteiger partial charge < -0.3 is 9.26 Å². The second-order valence-electron chi connectivity index (χ2n) is 4.88. The minimum Gasteiger partial charge on any atom is -0.466 e. The molecule has 3 aromatic rings. The number of ether oxygens (including phenoxy) is 1. The van der Waals surface area contributed by atoms with Crippen LogP contribution < -0.4 is 5.43 Å². The van der Waals surface area contributed by atoms with Gasteiger partial charge in [0.15, 0.2) is 0 Å². The van der Waals surface area contributed by atoms with Crippen LogP contribution in [0.2, 0.25) is 0 Å². The number of benzene rings is 1. The second kappa shape index (κ2) is 8.15. The summed E-state index contributed by atoms with van der Waals surface area (Å²) in [5.41, 5.74) is 5.21. The van der Waals surface area contributed by atoms with Crippen molar-refractivity contribution >= 4 is 28.7 Å². The molecule has 0 aliphatic carbocycles. The summed E-state index contributed by atoms with van der Waals surface area (Å²) in [6, 6.07) is 7.57. The molecule has 0 atom stereocenters. The maximum absolute atomic E-state index is 11.4. The number of nitrogens with zero attached hydrogens (tertiary/aromatic N) is 4. The molecular weight excluding hydrogens is 342 g/mol. The van der Waals surface area contributed by atoms with Crippen LogP contribution in [0, 0.1) is 0 Å². The summed E-state index contributed by atoms with van der Waals surface area (Å²) in [5.74, 6) is 0.230. The molecule has 3 rings (SSSR count). The monoisotopic (exact) mass is 357 g/mol. The van der Waals surface area contributed by atoms with Crippen molar-refractivity contribution in [3.05, 3.63) is 47.3 Å². The van der Waals surface area contributed by atoms with Crippen LogP contribution in [0.3, 0.4) is 0 Å². The van der Waals surface area contributed by atoms with Gasteiger partial charge in [-0.15, -0.1) is 11.3 Å². The van der Waals surface area contributed by atoms with Crippen LogP contribution in [0.15, 0.2) is 45.7 Å². The largest absolute Gasteiger partial charge is 0.466 e. The molecule has 0 aliphatic rings. The minimum atomic E-state index is -0.291. The summed E-state index contributed by atoms with van der Waals surface area (Å²) in [7, 11) is 0. The Bertz CT molecular complexity index is 860. The Morgan fingerprint density at radius 1 is 1.48 bits per heavy atom. The Morgan fingerprint density at radius 2 is 2.40 bits per heavy atom. The number of hydrogen-bond acceptors (Lipinski definition) is 9. The molecule has 128 valence electrons. The fraction of sp³-hybridized carbons (Fsp3) is 0.188. The number of thiazole rings is 1. The van der Waals surface area contributed by atoms with Crippen molar-refractivity contribution in [1.29, 1.82) is 0 Å². The molecule has 0 unspecified atom stereocenters. The highest BCUT2D eigenvalue weighted by molar-refractivity contribution is 7.13. The Labute approximate surface area is 147 Å². The van der Waals surface area contributed by atoms with Gasteiger partial charge >= 0.3 is 5.97 Å². The fourth-order valence-electron chi connectivity index (χ4n) is 2.02. The SMILES string of the molecule is CCOC(=O)Cc1csc(NN=Cc2cccc(-c3ncon3)c2)n1. The second-order valence-corrected chi connectivity index (χ2v) is 5.73. The molecular formula is C16H15N5O3S. The molecule has 0 amide bonds. The van der Waals surface area contributed by atoms with E-state index in [9.17, 15) is 4.79 Å². The summed E-state index contributed by atoms with van der Waals surface area (Å²) >= 11 is 1.37. The molecule has 0 aliphatic heterocycles. The van der Waals surface area contributed by atoms with Crippen LogP contribution in [0.5, 0.6) is 0 Å². The Kier molecular flexibility index (Phi) is 5.47. The Hall–Kier alpha value is -3.07. The number of carbonyl (C=O) groups excluding carboxylic acids is 1. The van der Waals surface area contributed by atoms with Gasteiger partial charge in [-0.2, -0.15) is 10.1 Å². The normalized spacial score (nSPS) is 10.9. The summed E-state index contributed by atoms with van der Waals surface area (Å²) in [6.45, 7) is 2.13. The first-order valence-corrected chi connectivity index (χ1v) is 8.38. The molecule has 0 saturated heterocycles. The third-order valence-electron chi connectivity index (χ3n) is 3.06. The summed E-state index contributed by atoms with van der Waals surface area (Å²) in [4.78, 5) is 19.7. The summed E-state index contributed by atoms with van der Waals surface area (Å²) in [5, 5.41) is 10.4. The van der Waals surface area contributed by atoms with Gasteiger partial charge in [0.05, 0.1) is 24.9 Å². The van der Waals surface area contributed by atoms with Crippen LogP contribution in [-0.4, -0.2) is 33.9 Å². The lowest BCUT2D eigenvalue weighted by molar-refractivity contribution is -0.142. The average molecular weight is 357 g/mol. The highest BCUT2D eigenvalue weighted by atomic mass is 32.1. The van der Waals surface area contributed by atoms with E-state index < -0.39 is 0 Å². The van der Waals surface area contributed by atoms with Crippen LogP contribution in [0.1, 0.15) is 18.2 Å². The maximum Gasteiger partial charge on any atom is 0.311 e. The number of nitrogens with one attached hydrogen (secondary N) is 1. The van der Waals surface area contributed by atoms with E-state index in [1.807, 2.05) is 24.3 Å². The van der Waals surface area contributed by atoms with Gasteiger partial charge in [0, 0.05) is 10.9 Å². The van der Waals surface area contributed by atoms with E-state index in [1.54, 1.807) is 18.5 Å². The molecule has 25 heavy (non-hydrogen) atoms. The van der Waals surface area contributed by atoms with E-state index in [0.717, 1.165) is 11.1 Å². The molecule has 8 nitrogen and oxygen atoms in total. The number of esters is 1. The van der Waals surface area contributed by atoms with Crippen LogP contribution in [0.4, 0.5) is 5.13 Å². The summed E-state index contributed by atoms with van der Waals surface area (Å²) in [6.07, 6.45) is 3.10. The molecule has 0 fully saturated rings. The number of anilines is 1. The third kappa shape index (κ3) is 4.70. The standard InChI is InChI=1S/C16H15N5O3S/c1-2-23-14(22)7-13-9-25-16(19-13)20-18-8-11-4-3-5-12(6-11)15-17-10-24-21-15/h3-6,8-10H,2,7H2,1H3,(H,19,20). The first kappa shape index (κ1) is 16.8.